The minimum Gasteiger partial charge on any atom is -0.328 e. The molecule has 1 unspecified atom stereocenters. The molecule has 20 heavy (non-hydrogen) atoms. The van der Waals surface area contributed by atoms with Crippen molar-refractivity contribution in [3.05, 3.63) is 58.5 Å². The van der Waals surface area contributed by atoms with Crippen LogP contribution < -0.4 is 9.86 Å². The zero-order valence-electron chi connectivity index (χ0n) is 10.9. The van der Waals surface area contributed by atoms with Gasteiger partial charge in [0, 0.05) is 18.3 Å². The smallest absolute Gasteiger partial charge is 0.266 e. The average molecular weight is 290 g/mol. The molecule has 1 aromatic heterocycles. The molecular weight excluding hydrogens is 276 g/mol. The molecule has 6 heteroatoms. The lowest BCUT2D eigenvalue weighted by Crippen LogP contribution is -2.36. The number of pyridine rings is 1. The first-order valence-electron chi connectivity index (χ1n) is 6.31. The number of nitrogens with zero attached hydrogens (tertiary/aromatic N) is 1. The van der Waals surface area contributed by atoms with E-state index in [1.165, 1.54) is 22.6 Å². The Morgan fingerprint density at radius 2 is 1.95 bits per heavy atom. The topological polar surface area (TPSA) is 70.2 Å². The van der Waals surface area contributed by atoms with Crippen LogP contribution in [0.4, 0.5) is 5.69 Å². The van der Waals surface area contributed by atoms with Crippen LogP contribution in [-0.4, -0.2) is 19.4 Å². The second-order valence-electron chi connectivity index (χ2n) is 4.87. The van der Waals surface area contributed by atoms with Crippen LogP contribution in [0.15, 0.2) is 52.3 Å². The molecule has 0 fully saturated rings. The minimum atomic E-state index is -3.65. The van der Waals surface area contributed by atoms with Gasteiger partial charge in [-0.1, -0.05) is 18.2 Å². The van der Waals surface area contributed by atoms with Crippen molar-refractivity contribution in [2.45, 2.75) is 24.3 Å². The maximum absolute atomic E-state index is 12.7. The number of para-hydroxylation sites is 1. The first-order chi connectivity index (χ1) is 9.50. The van der Waals surface area contributed by atoms with Gasteiger partial charge in [-0.15, -0.1) is 0 Å². The van der Waals surface area contributed by atoms with Crippen molar-refractivity contribution in [3.63, 3.8) is 0 Å². The lowest BCUT2D eigenvalue weighted by Gasteiger charge is -2.24. The summed E-state index contributed by atoms with van der Waals surface area (Å²) >= 11 is 0. The lowest BCUT2D eigenvalue weighted by molar-refractivity contribution is 0.583. The second-order valence-corrected chi connectivity index (χ2v) is 6.69. The highest BCUT2D eigenvalue weighted by Gasteiger charge is 2.35. The quantitative estimate of drug-likeness (QED) is 0.911. The van der Waals surface area contributed by atoms with Crippen LogP contribution in [0.1, 0.15) is 12.5 Å². The van der Waals surface area contributed by atoms with E-state index in [4.69, 9.17) is 0 Å². The van der Waals surface area contributed by atoms with Crippen LogP contribution in [-0.2, 0) is 16.4 Å². The highest BCUT2D eigenvalue weighted by molar-refractivity contribution is 7.92. The molecule has 2 aromatic rings. The van der Waals surface area contributed by atoms with Crippen LogP contribution in [0.5, 0.6) is 0 Å². The fourth-order valence-corrected chi connectivity index (χ4v) is 4.23. The molecule has 0 spiro atoms. The summed E-state index contributed by atoms with van der Waals surface area (Å²) in [7, 11) is -3.65. The number of fused-ring (bicyclic) bond motifs is 1. The average Bonchev–Trinajstić information content (AvgIpc) is 2.75. The Morgan fingerprint density at radius 3 is 2.65 bits per heavy atom. The molecule has 1 N–H and O–H groups in total. The molecule has 0 aliphatic carbocycles. The molecule has 0 amide bonds. The van der Waals surface area contributed by atoms with Crippen molar-refractivity contribution in [1.82, 2.24) is 4.98 Å². The molecule has 1 aromatic carbocycles. The minimum absolute atomic E-state index is 0.0978. The highest BCUT2D eigenvalue weighted by Crippen LogP contribution is 2.36. The number of rotatable bonds is 2. The molecule has 0 saturated heterocycles. The Bertz CT molecular complexity index is 791. The predicted molar refractivity (Wildman–Crippen MR) is 76.3 cm³/mol. The number of anilines is 1. The van der Waals surface area contributed by atoms with Gasteiger partial charge in [-0.05, 0) is 31.0 Å². The standard InChI is InChI=1S/C14H14N2O3S/c1-10-8-11-4-2-3-5-13(11)16(10)20(18,19)12-6-7-14(17)15-9-12/h2-7,9-10H,8H2,1H3,(H,15,17). The number of sulfonamides is 1. The van der Waals surface area contributed by atoms with Gasteiger partial charge < -0.3 is 4.98 Å². The zero-order chi connectivity index (χ0) is 14.3. The van der Waals surface area contributed by atoms with Gasteiger partial charge in [-0.3, -0.25) is 9.10 Å². The first kappa shape index (κ1) is 12.9. The summed E-state index contributed by atoms with van der Waals surface area (Å²) < 4.78 is 26.9. The lowest BCUT2D eigenvalue weighted by atomic mass is 10.1. The molecule has 1 atom stereocenters. The Hall–Kier alpha value is -2.08. The summed E-state index contributed by atoms with van der Waals surface area (Å²) in [5.41, 5.74) is 1.41. The molecule has 0 saturated carbocycles. The van der Waals surface area contributed by atoms with E-state index in [1.807, 2.05) is 31.2 Å². The van der Waals surface area contributed by atoms with Crippen LogP contribution in [0.25, 0.3) is 0 Å². The Morgan fingerprint density at radius 1 is 1.20 bits per heavy atom. The second kappa shape index (κ2) is 4.49. The van der Waals surface area contributed by atoms with Crippen LogP contribution in [0, 0.1) is 0 Å². The van der Waals surface area contributed by atoms with Crippen molar-refractivity contribution in [2.24, 2.45) is 0 Å². The summed E-state index contributed by atoms with van der Waals surface area (Å²) in [4.78, 5) is 13.6. The van der Waals surface area contributed by atoms with E-state index in [9.17, 15) is 13.2 Å². The molecule has 1 aliphatic heterocycles. The van der Waals surface area contributed by atoms with Crippen molar-refractivity contribution in [2.75, 3.05) is 4.31 Å². The largest absolute Gasteiger partial charge is 0.328 e. The maximum atomic E-state index is 12.7. The van der Waals surface area contributed by atoms with Crippen LogP contribution in [0.2, 0.25) is 0 Å². The van der Waals surface area contributed by atoms with Crippen LogP contribution >= 0.6 is 0 Å². The number of benzene rings is 1. The Kier molecular flexibility index (Phi) is 2.90. The molecular formula is C14H14N2O3S. The first-order valence-corrected chi connectivity index (χ1v) is 7.75. The van der Waals surface area contributed by atoms with Gasteiger partial charge in [0.1, 0.15) is 4.90 Å². The molecule has 5 nitrogen and oxygen atoms in total. The number of hydrogen-bond acceptors (Lipinski definition) is 3. The van der Waals surface area contributed by atoms with E-state index in [1.54, 1.807) is 0 Å². The molecule has 1 aliphatic rings. The molecule has 0 radical (unpaired) electrons. The molecule has 104 valence electrons. The number of hydrogen-bond donors (Lipinski definition) is 1. The zero-order valence-corrected chi connectivity index (χ0v) is 11.7. The molecule has 3 rings (SSSR count). The summed E-state index contributed by atoms with van der Waals surface area (Å²) in [6.45, 7) is 1.88. The number of aromatic nitrogens is 1. The third kappa shape index (κ3) is 1.92. The van der Waals surface area contributed by atoms with Gasteiger partial charge in [0.15, 0.2) is 0 Å². The SMILES string of the molecule is CC1Cc2ccccc2N1S(=O)(=O)c1ccc(=O)[nH]c1. The summed E-state index contributed by atoms with van der Waals surface area (Å²) in [5, 5.41) is 0. The van der Waals surface area contributed by atoms with Crippen molar-refractivity contribution < 1.29 is 8.42 Å². The van der Waals surface area contributed by atoms with E-state index in [2.05, 4.69) is 4.98 Å². The third-order valence-corrected chi connectivity index (χ3v) is 5.38. The number of H-pyrrole nitrogens is 1. The van der Waals surface area contributed by atoms with E-state index in [-0.39, 0.29) is 16.5 Å². The molecule has 0 bridgehead atoms. The van der Waals surface area contributed by atoms with Gasteiger partial charge in [-0.2, -0.15) is 0 Å². The number of nitrogens with one attached hydrogen (secondary N) is 1. The Labute approximate surface area is 116 Å². The predicted octanol–water partition coefficient (Wildman–Crippen LogP) is 1.51. The van der Waals surface area contributed by atoms with E-state index >= 15 is 0 Å². The van der Waals surface area contributed by atoms with Crippen molar-refractivity contribution in [3.8, 4) is 0 Å². The number of aromatic amines is 1. The van der Waals surface area contributed by atoms with Gasteiger partial charge in [0.2, 0.25) is 5.56 Å². The summed E-state index contributed by atoms with van der Waals surface area (Å²) in [6, 6.07) is 9.90. The van der Waals surface area contributed by atoms with Crippen LogP contribution in [0.3, 0.4) is 0 Å². The Balaban J connectivity index is 2.12. The third-order valence-electron chi connectivity index (χ3n) is 3.46. The maximum Gasteiger partial charge on any atom is 0.266 e. The fourth-order valence-electron chi connectivity index (χ4n) is 2.57. The fraction of sp³-hybridized carbons (Fsp3) is 0.214. The van der Waals surface area contributed by atoms with E-state index in [0.717, 1.165) is 5.56 Å². The normalized spacial score (nSPS) is 18.1. The molecule has 2 heterocycles. The van der Waals surface area contributed by atoms with Gasteiger partial charge in [0.05, 0.1) is 5.69 Å². The van der Waals surface area contributed by atoms with E-state index < -0.39 is 10.0 Å². The van der Waals surface area contributed by atoms with Gasteiger partial charge >= 0.3 is 0 Å². The van der Waals surface area contributed by atoms with E-state index in [0.29, 0.717) is 12.1 Å². The monoisotopic (exact) mass is 290 g/mol. The summed E-state index contributed by atoms with van der Waals surface area (Å²) in [5.74, 6) is 0. The van der Waals surface area contributed by atoms with Gasteiger partial charge in [0.25, 0.3) is 10.0 Å². The van der Waals surface area contributed by atoms with Gasteiger partial charge in [-0.25, -0.2) is 8.42 Å². The van der Waals surface area contributed by atoms with Crippen molar-refractivity contribution >= 4 is 15.7 Å². The summed E-state index contributed by atoms with van der Waals surface area (Å²) in [6.07, 6.45) is 1.93. The highest BCUT2D eigenvalue weighted by atomic mass is 32.2. The van der Waals surface area contributed by atoms with Crippen molar-refractivity contribution in [1.29, 1.82) is 0 Å².